The quantitative estimate of drug-likeness (QED) is 0.501. The largest absolute Gasteiger partial charge is 0.354 e. The van der Waals surface area contributed by atoms with Crippen LogP contribution in [0.25, 0.3) is 10.8 Å². The summed E-state index contributed by atoms with van der Waals surface area (Å²) in [5.41, 5.74) is 0.969. The molecule has 1 atom stereocenters. The molecular weight excluding hydrogens is 470 g/mol. The van der Waals surface area contributed by atoms with Crippen LogP contribution in [0.4, 0.5) is 17.6 Å². The highest BCUT2D eigenvalue weighted by Gasteiger charge is 2.28. The summed E-state index contributed by atoms with van der Waals surface area (Å²) >= 11 is 3.37. The number of ketones is 1. The monoisotopic (exact) mass is 493 g/mol. The average molecular weight is 494 g/mol. The van der Waals surface area contributed by atoms with Crippen LogP contribution in [0, 0.1) is 0 Å². The number of carbonyl (C=O) groups excluding carboxylic acids is 1. The van der Waals surface area contributed by atoms with E-state index in [1.54, 1.807) is 12.4 Å². The maximum atomic E-state index is 11.9. The predicted molar refractivity (Wildman–Crippen MR) is 129 cm³/mol. The molecule has 2 aliphatic rings. The summed E-state index contributed by atoms with van der Waals surface area (Å²) in [5.74, 6) is 2.42. The number of hydrogen-bond acceptors (Lipinski definition) is 8. The molecule has 5 rings (SSSR count). The van der Waals surface area contributed by atoms with Crippen LogP contribution in [-0.4, -0.2) is 58.2 Å². The Morgan fingerprint density at radius 1 is 1.12 bits per heavy atom. The number of rotatable bonds is 7. The van der Waals surface area contributed by atoms with Crippen molar-refractivity contribution in [3.05, 3.63) is 53.3 Å². The smallest absolute Gasteiger partial charge is 0.222 e. The molecule has 2 aliphatic heterocycles. The summed E-state index contributed by atoms with van der Waals surface area (Å²) in [4.78, 5) is 25.1. The van der Waals surface area contributed by atoms with E-state index >= 15 is 0 Å². The first-order valence-electron chi connectivity index (χ1n) is 10.8. The van der Waals surface area contributed by atoms with Crippen molar-refractivity contribution in [1.82, 2.24) is 20.2 Å². The average Bonchev–Trinajstić information content (AvgIpc) is 3.22. The molecule has 0 bridgehead atoms. The van der Waals surface area contributed by atoms with E-state index in [4.69, 9.17) is 0 Å². The lowest BCUT2D eigenvalue weighted by molar-refractivity contribution is -0.114. The zero-order valence-corrected chi connectivity index (χ0v) is 19.3. The van der Waals surface area contributed by atoms with Gasteiger partial charge in [-0.25, -0.2) is 9.97 Å². The van der Waals surface area contributed by atoms with Gasteiger partial charge in [0.15, 0.2) is 17.4 Å². The number of hydrogen-bond donors (Lipinski definition) is 1. The molecule has 2 saturated heterocycles. The number of anilines is 3. The van der Waals surface area contributed by atoms with E-state index in [2.05, 4.69) is 69.9 Å². The third-order valence-electron chi connectivity index (χ3n) is 6.01. The molecule has 3 aromatic rings. The predicted octanol–water partition coefficient (Wildman–Crippen LogP) is 3.38. The number of fused-ring (bicyclic) bond motifs is 1. The minimum atomic E-state index is 0.0145. The van der Waals surface area contributed by atoms with Crippen molar-refractivity contribution in [2.75, 3.05) is 41.3 Å². The minimum Gasteiger partial charge on any atom is -0.354 e. The second-order valence-electron chi connectivity index (χ2n) is 8.22. The first-order valence-corrected chi connectivity index (χ1v) is 11.6. The molecule has 9 heteroatoms. The summed E-state index contributed by atoms with van der Waals surface area (Å²) in [6.45, 7) is 7.23. The van der Waals surface area contributed by atoms with Crippen LogP contribution in [0.2, 0.25) is 0 Å². The fourth-order valence-corrected chi connectivity index (χ4v) is 4.40. The van der Waals surface area contributed by atoms with Crippen LogP contribution < -0.4 is 15.1 Å². The van der Waals surface area contributed by atoms with Crippen LogP contribution in [0.3, 0.4) is 0 Å². The van der Waals surface area contributed by atoms with E-state index in [1.807, 2.05) is 6.07 Å². The first kappa shape index (κ1) is 20.8. The standard InChI is InChI=1S/C23H24BrN7O/c1-2-18(32)10-15-4-5-19-20(11-15)22(30-7-3-8-30)29-28-21(19)31-9-6-17(14-31)27-23-25-12-16(24)13-26-23/h2,4-5,11-13,17H,1,3,6-10,14H2,(H,25,26,27)/t17-/m1/s1. The Kier molecular flexibility index (Phi) is 5.73. The zero-order valence-electron chi connectivity index (χ0n) is 17.7. The van der Waals surface area contributed by atoms with Gasteiger partial charge in [0.2, 0.25) is 5.95 Å². The number of benzene rings is 1. The van der Waals surface area contributed by atoms with Crippen LogP contribution in [0.15, 0.2) is 47.7 Å². The summed E-state index contributed by atoms with van der Waals surface area (Å²) < 4.78 is 0.856. The highest BCUT2D eigenvalue weighted by atomic mass is 79.9. The summed E-state index contributed by atoms with van der Waals surface area (Å²) in [6.07, 6.45) is 7.33. The number of nitrogens with zero attached hydrogens (tertiary/aromatic N) is 6. The van der Waals surface area contributed by atoms with Gasteiger partial charge in [-0.3, -0.25) is 4.79 Å². The van der Waals surface area contributed by atoms with Gasteiger partial charge >= 0.3 is 0 Å². The van der Waals surface area contributed by atoms with Gasteiger partial charge in [0.25, 0.3) is 0 Å². The molecule has 32 heavy (non-hydrogen) atoms. The van der Waals surface area contributed by atoms with Crippen molar-refractivity contribution < 1.29 is 4.79 Å². The van der Waals surface area contributed by atoms with E-state index in [1.165, 1.54) is 6.08 Å². The number of aromatic nitrogens is 4. The molecule has 0 unspecified atom stereocenters. The molecule has 0 saturated carbocycles. The molecular formula is C23H24BrN7O. The summed E-state index contributed by atoms with van der Waals surface area (Å²) in [5, 5.41) is 14.8. The van der Waals surface area contributed by atoms with Gasteiger partial charge in [0, 0.05) is 61.8 Å². The Bertz CT molecular complexity index is 1160. The van der Waals surface area contributed by atoms with Crippen molar-refractivity contribution in [3.8, 4) is 0 Å². The SMILES string of the molecule is C=CC(=O)Cc1ccc2c(N3CC[C@@H](Nc4ncc(Br)cn4)C3)nnc(N3CCC3)c2c1. The highest BCUT2D eigenvalue weighted by Crippen LogP contribution is 2.34. The third kappa shape index (κ3) is 4.17. The van der Waals surface area contributed by atoms with E-state index in [-0.39, 0.29) is 11.8 Å². The van der Waals surface area contributed by atoms with Gasteiger partial charge in [-0.2, -0.15) is 0 Å². The molecule has 1 N–H and O–H groups in total. The minimum absolute atomic E-state index is 0.0145. The van der Waals surface area contributed by atoms with E-state index in [0.717, 1.165) is 71.5 Å². The Labute approximate surface area is 194 Å². The summed E-state index contributed by atoms with van der Waals surface area (Å²) in [7, 11) is 0. The van der Waals surface area contributed by atoms with Gasteiger partial charge in [-0.1, -0.05) is 18.7 Å². The maximum Gasteiger partial charge on any atom is 0.222 e. The Morgan fingerprint density at radius 2 is 1.88 bits per heavy atom. The van der Waals surface area contributed by atoms with Gasteiger partial charge in [0.1, 0.15) is 0 Å². The van der Waals surface area contributed by atoms with Gasteiger partial charge in [-0.05, 0) is 46.5 Å². The van der Waals surface area contributed by atoms with Crippen molar-refractivity contribution in [3.63, 3.8) is 0 Å². The van der Waals surface area contributed by atoms with E-state index < -0.39 is 0 Å². The van der Waals surface area contributed by atoms with Gasteiger partial charge < -0.3 is 15.1 Å². The van der Waals surface area contributed by atoms with Gasteiger partial charge in [-0.15, -0.1) is 10.2 Å². The van der Waals surface area contributed by atoms with Crippen molar-refractivity contribution in [1.29, 1.82) is 0 Å². The Hall–Kier alpha value is -3.07. The van der Waals surface area contributed by atoms with E-state index in [9.17, 15) is 4.79 Å². The summed E-state index contributed by atoms with van der Waals surface area (Å²) in [6, 6.07) is 6.40. The van der Waals surface area contributed by atoms with Gasteiger partial charge in [0.05, 0.1) is 4.47 Å². The fraction of sp³-hybridized carbons (Fsp3) is 0.348. The molecule has 2 aromatic heterocycles. The van der Waals surface area contributed by atoms with Crippen LogP contribution in [-0.2, 0) is 11.2 Å². The molecule has 164 valence electrons. The lowest BCUT2D eigenvalue weighted by Gasteiger charge is -2.33. The second-order valence-corrected chi connectivity index (χ2v) is 9.13. The lowest BCUT2D eigenvalue weighted by atomic mass is 10.0. The molecule has 1 aromatic carbocycles. The topological polar surface area (TPSA) is 87.1 Å². The zero-order chi connectivity index (χ0) is 22.1. The lowest BCUT2D eigenvalue weighted by Crippen LogP contribution is -2.38. The number of carbonyl (C=O) groups is 1. The molecule has 0 radical (unpaired) electrons. The molecule has 0 spiro atoms. The highest BCUT2D eigenvalue weighted by molar-refractivity contribution is 9.10. The molecule has 2 fully saturated rings. The van der Waals surface area contributed by atoms with Crippen LogP contribution >= 0.6 is 15.9 Å². The van der Waals surface area contributed by atoms with Crippen LogP contribution in [0.5, 0.6) is 0 Å². The normalized spacial score (nSPS) is 18.0. The molecule has 0 amide bonds. The third-order valence-corrected chi connectivity index (χ3v) is 6.42. The second kappa shape index (κ2) is 8.82. The number of nitrogens with one attached hydrogen (secondary N) is 1. The number of halogens is 1. The first-order chi connectivity index (χ1) is 15.6. The molecule has 0 aliphatic carbocycles. The Morgan fingerprint density at radius 3 is 2.56 bits per heavy atom. The molecule has 8 nitrogen and oxygen atoms in total. The Balaban J connectivity index is 1.42. The number of allylic oxidation sites excluding steroid dienone is 1. The van der Waals surface area contributed by atoms with Crippen molar-refractivity contribution in [2.24, 2.45) is 0 Å². The van der Waals surface area contributed by atoms with E-state index in [0.29, 0.717) is 12.4 Å². The van der Waals surface area contributed by atoms with Crippen molar-refractivity contribution in [2.45, 2.75) is 25.3 Å². The van der Waals surface area contributed by atoms with Crippen LogP contribution in [0.1, 0.15) is 18.4 Å². The van der Waals surface area contributed by atoms with Crippen molar-refractivity contribution >= 4 is 50.1 Å². The fourth-order valence-electron chi connectivity index (χ4n) is 4.19. The molecule has 4 heterocycles. The maximum absolute atomic E-state index is 11.9.